The summed E-state index contributed by atoms with van der Waals surface area (Å²) in [5.41, 5.74) is 4.51. The molecular weight excluding hydrogens is 414 g/mol. The lowest BCUT2D eigenvalue weighted by Crippen LogP contribution is -2.39. The lowest BCUT2D eigenvalue weighted by Gasteiger charge is -2.26. The highest BCUT2D eigenvalue weighted by Gasteiger charge is 2.26. The maximum atomic E-state index is 14.1. The van der Waals surface area contributed by atoms with E-state index in [1.165, 1.54) is 6.07 Å². The van der Waals surface area contributed by atoms with Crippen LogP contribution in [0.3, 0.4) is 0 Å². The van der Waals surface area contributed by atoms with Gasteiger partial charge in [-0.25, -0.2) is 23.4 Å². The number of hydrogen-bond donors (Lipinski definition) is 1. The molecule has 1 aliphatic rings. The molecule has 5 rings (SSSR count). The van der Waals surface area contributed by atoms with Gasteiger partial charge in [0.2, 0.25) is 5.95 Å². The summed E-state index contributed by atoms with van der Waals surface area (Å²) in [6, 6.07) is 12.3. The van der Waals surface area contributed by atoms with Gasteiger partial charge in [0, 0.05) is 18.4 Å². The van der Waals surface area contributed by atoms with Crippen LogP contribution in [0.25, 0.3) is 22.3 Å². The molecule has 3 heterocycles. The molecule has 2 aromatic carbocycles. The number of benzene rings is 2. The van der Waals surface area contributed by atoms with Crippen molar-refractivity contribution in [2.45, 2.75) is 32.1 Å². The summed E-state index contributed by atoms with van der Waals surface area (Å²) in [7, 11) is 0. The number of anilines is 1. The molecule has 1 saturated heterocycles. The topological polar surface area (TPSA) is 77.8 Å². The van der Waals surface area contributed by atoms with E-state index in [2.05, 4.69) is 25.6 Å². The summed E-state index contributed by atoms with van der Waals surface area (Å²) in [5, 5.41) is 11.6. The Bertz CT molecular complexity index is 1260. The molecule has 0 radical (unpaired) electrons. The number of halogens is 2. The summed E-state index contributed by atoms with van der Waals surface area (Å²) in [4.78, 5) is 8.77. The largest absolute Gasteiger partial charge is 0.378 e. The summed E-state index contributed by atoms with van der Waals surface area (Å²) in [5.74, 6) is 0.143. The first kappa shape index (κ1) is 20.4. The summed E-state index contributed by atoms with van der Waals surface area (Å²) >= 11 is 0. The molecule has 0 bridgehead atoms. The Morgan fingerprint density at radius 2 is 2.09 bits per heavy atom. The van der Waals surface area contributed by atoms with Crippen molar-refractivity contribution in [3.63, 3.8) is 0 Å². The molecule has 1 fully saturated rings. The van der Waals surface area contributed by atoms with Crippen molar-refractivity contribution in [2.24, 2.45) is 0 Å². The molecule has 1 N–H and O–H groups in total. The number of aromatic nitrogens is 5. The first-order valence-electron chi connectivity index (χ1n) is 10.5. The number of nitrogens with one attached hydrogen (secondary N) is 1. The highest BCUT2D eigenvalue weighted by atomic mass is 19.1. The average Bonchev–Trinajstić information content (AvgIpc) is 3.20. The van der Waals surface area contributed by atoms with E-state index < -0.39 is 6.17 Å². The molecule has 9 heteroatoms. The minimum absolute atomic E-state index is 0.0823. The molecule has 7 nitrogen and oxygen atoms in total. The van der Waals surface area contributed by atoms with E-state index in [1.807, 2.05) is 24.3 Å². The van der Waals surface area contributed by atoms with Gasteiger partial charge in [0.15, 0.2) is 0 Å². The minimum Gasteiger partial charge on any atom is -0.378 e. The number of ether oxygens (including phenoxy) is 1. The number of fused-ring (bicyclic) bond motifs is 1. The SMILES string of the molecule is Cc1ccc(Cn2nnc3cc(-c4ccnc(N[C@H]5CCOC[C@H]5F)n4)ccc32)cc1F. The Morgan fingerprint density at radius 3 is 2.94 bits per heavy atom. The Balaban J connectivity index is 1.38. The number of rotatable bonds is 5. The van der Waals surface area contributed by atoms with Crippen LogP contribution in [0, 0.1) is 12.7 Å². The van der Waals surface area contributed by atoms with Crippen molar-refractivity contribution in [1.82, 2.24) is 25.0 Å². The second kappa shape index (κ2) is 8.58. The highest BCUT2D eigenvalue weighted by molar-refractivity contribution is 5.80. The van der Waals surface area contributed by atoms with Crippen LogP contribution in [-0.2, 0) is 11.3 Å². The van der Waals surface area contributed by atoms with Crippen molar-refractivity contribution >= 4 is 17.0 Å². The van der Waals surface area contributed by atoms with Crippen LogP contribution in [-0.4, -0.2) is 50.4 Å². The van der Waals surface area contributed by atoms with Crippen LogP contribution in [0.5, 0.6) is 0 Å². The summed E-state index contributed by atoms with van der Waals surface area (Å²) in [6.07, 6.45) is 1.11. The Labute approximate surface area is 183 Å². The van der Waals surface area contributed by atoms with Crippen molar-refractivity contribution in [3.8, 4) is 11.3 Å². The van der Waals surface area contributed by atoms with Gasteiger partial charge in [0.05, 0.1) is 30.4 Å². The van der Waals surface area contributed by atoms with Crippen LogP contribution in [0.1, 0.15) is 17.5 Å². The van der Waals surface area contributed by atoms with Crippen molar-refractivity contribution in [2.75, 3.05) is 18.5 Å². The van der Waals surface area contributed by atoms with Crippen LogP contribution < -0.4 is 5.32 Å². The second-order valence-electron chi connectivity index (χ2n) is 7.93. The maximum absolute atomic E-state index is 14.1. The van der Waals surface area contributed by atoms with E-state index in [0.717, 1.165) is 16.6 Å². The smallest absolute Gasteiger partial charge is 0.223 e. The van der Waals surface area contributed by atoms with E-state index in [1.54, 1.807) is 29.9 Å². The molecular formula is C23H22F2N6O. The fraction of sp³-hybridized carbons (Fsp3) is 0.304. The van der Waals surface area contributed by atoms with E-state index in [0.29, 0.717) is 42.3 Å². The minimum atomic E-state index is -1.09. The molecule has 0 spiro atoms. The van der Waals surface area contributed by atoms with Crippen molar-refractivity contribution < 1.29 is 13.5 Å². The third-order valence-electron chi connectivity index (χ3n) is 5.64. The third kappa shape index (κ3) is 4.16. The van der Waals surface area contributed by atoms with E-state index >= 15 is 0 Å². The van der Waals surface area contributed by atoms with Gasteiger partial charge >= 0.3 is 0 Å². The van der Waals surface area contributed by atoms with Gasteiger partial charge in [-0.3, -0.25) is 0 Å². The van der Waals surface area contributed by atoms with Crippen LogP contribution in [0.15, 0.2) is 48.7 Å². The van der Waals surface area contributed by atoms with Gasteiger partial charge in [0.1, 0.15) is 17.5 Å². The predicted molar refractivity (Wildman–Crippen MR) is 117 cm³/mol. The van der Waals surface area contributed by atoms with Crippen LogP contribution in [0.4, 0.5) is 14.7 Å². The van der Waals surface area contributed by atoms with Crippen LogP contribution in [0.2, 0.25) is 0 Å². The molecule has 0 unspecified atom stereocenters. The molecule has 0 aliphatic carbocycles. The third-order valence-corrected chi connectivity index (χ3v) is 5.64. The Morgan fingerprint density at radius 1 is 1.19 bits per heavy atom. The Kier molecular flexibility index (Phi) is 5.48. The molecule has 1 aliphatic heterocycles. The van der Waals surface area contributed by atoms with Crippen molar-refractivity contribution in [1.29, 1.82) is 0 Å². The monoisotopic (exact) mass is 436 g/mol. The van der Waals surface area contributed by atoms with Gasteiger partial charge in [-0.1, -0.05) is 23.4 Å². The number of nitrogens with zero attached hydrogens (tertiary/aromatic N) is 5. The predicted octanol–water partition coefficient (Wildman–Crippen LogP) is 3.92. The molecule has 32 heavy (non-hydrogen) atoms. The highest BCUT2D eigenvalue weighted by Crippen LogP contribution is 2.24. The van der Waals surface area contributed by atoms with Gasteiger partial charge in [0.25, 0.3) is 0 Å². The summed E-state index contributed by atoms with van der Waals surface area (Å²) in [6.45, 7) is 2.75. The van der Waals surface area contributed by atoms with Gasteiger partial charge in [-0.2, -0.15) is 0 Å². The molecule has 2 atom stereocenters. The average molecular weight is 436 g/mol. The number of alkyl halides is 1. The first-order valence-corrected chi connectivity index (χ1v) is 10.5. The van der Waals surface area contributed by atoms with E-state index in [4.69, 9.17) is 4.74 Å². The normalized spacial score (nSPS) is 18.7. The zero-order valence-corrected chi connectivity index (χ0v) is 17.5. The van der Waals surface area contributed by atoms with Gasteiger partial charge in [-0.05, 0) is 48.7 Å². The lowest BCUT2D eigenvalue weighted by atomic mass is 10.1. The maximum Gasteiger partial charge on any atom is 0.223 e. The zero-order valence-electron chi connectivity index (χ0n) is 17.5. The van der Waals surface area contributed by atoms with Crippen molar-refractivity contribution in [3.05, 3.63) is 65.6 Å². The molecule has 164 valence electrons. The van der Waals surface area contributed by atoms with Gasteiger partial charge in [-0.15, -0.1) is 5.10 Å². The quantitative estimate of drug-likeness (QED) is 0.511. The Hall–Kier alpha value is -3.46. The molecule has 4 aromatic rings. The molecule has 0 saturated carbocycles. The molecule has 2 aromatic heterocycles. The fourth-order valence-electron chi connectivity index (χ4n) is 3.78. The van der Waals surface area contributed by atoms with Crippen LogP contribution >= 0.6 is 0 Å². The second-order valence-corrected chi connectivity index (χ2v) is 7.93. The van der Waals surface area contributed by atoms with E-state index in [9.17, 15) is 8.78 Å². The standard InChI is InChI=1S/C23H22F2N6O/c1-14-2-3-15(10-17(14)24)12-31-22-5-4-16(11-21(22)29-30-31)19-6-8-26-23(27-19)28-20-7-9-32-13-18(20)25/h2-6,8,10-11,18,20H,7,9,12-13H2,1H3,(H,26,27,28)/t18-,20+/m1/s1. The summed E-state index contributed by atoms with van der Waals surface area (Å²) < 4.78 is 34.8. The number of aryl methyl sites for hydroxylation is 1. The first-order chi connectivity index (χ1) is 15.6. The van der Waals surface area contributed by atoms with E-state index in [-0.39, 0.29) is 18.5 Å². The zero-order chi connectivity index (χ0) is 22.1. The molecule has 0 amide bonds. The van der Waals surface area contributed by atoms with Gasteiger partial charge < -0.3 is 10.1 Å². The lowest BCUT2D eigenvalue weighted by molar-refractivity contribution is 0.0284. The fourth-order valence-corrected chi connectivity index (χ4v) is 3.78. The number of hydrogen-bond acceptors (Lipinski definition) is 6.